The van der Waals surface area contributed by atoms with Crippen LogP contribution < -0.4 is 16.0 Å². The van der Waals surface area contributed by atoms with Crippen LogP contribution in [0.3, 0.4) is 0 Å². The number of hydrogen-bond acceptors (Lipinski definition) is 4. The molecule has 0 radical (unpaired) electrons. The van der Waals surface area contributed by atoms with E-state index >= 15 is 0 Å². The van der Waals surface area contributed by atoms with E-state index in [0.717, 1.165) is 16.3 Å². The number of benzene rings is 1. The van der Waals surface area contributed by atoms with E-state index in [-0.39, 0.29) is 12.5 Å². The average Bonchev–Trinajstić information content (AvgIpc) is 2.92. The molecule has 1 aromatic carbocycles. The molecule has 6 nitrogen and oxygen atoms in total. The maximum Gasteiger partial charge on any atom is 0.320 e. The van der Waals surface area contributed by atoms with Crippen LogP contribution in [0, 0.1) is 6.92 Å². The van der Waals surface area contributed by atoms with Gasteiger partial charge < -0.3 is 10.6 Å². The summed E-state index contributed by atoms with van der Waals surface area (Å²) in [4.78, 5) is 27.7. The highest BCUT2D eigenvalue weighted by Crippen LogP contribution is 2.31. The smallest absolute Gasteiger partial charge is 0.320 e. The van der Waals surface area contributed by atoms with Crippen LogP contribution in [-0.2, 0) is 4.79 Å². The second-order valence-electron chi connectivity index (χ2n) is 4.70. The third-order valence-electron chi connectivity index (χ3n) is 2.90. The Morgan fingerprint density at radius 1 is 1.26 bits per heavy atom. The molecule has 0 aliphatic heterocycles. The number of amides is 3. The summed E-state index contributed by atoms with van der Waals surface area (Å²) in [5.74, 6) is -0.272. The van der Waals surface area contributed by atoms with Crippen LogP contribution in [0.1, 0.15) is 5.69 Å². The number of thiazole rings is 1. The molecule has 0 spiro atoms. The molecule has 0 fully saturated rings. The standard InChI is InChI=1S/C16H18N4O2S/c1-3-9-17-13(21)10-18-16(22)20-14-11(2)19-15(23-14)12-7-5-4-6-8-12/h3-8H,1,9-10H2,2H3,(H,17,21)(H2,18,20,22). The van der Waals surface area contributed by atoms with Crippen molar-refractivity contribution in [2.45, 2.75) is 6.92 Å². The van der Waals surface area contributed by atoms with Gasteiger partial charge in [0.15, 0.2) is 0 Å². The van der Waals surface area contributed by atoms with Crippen molar-refractivity contribution in [3.63, 3.8) is 0 Å². The van der Waals surface area contributed by atoms with Crippen LogP contribution in [0.25, 0.3) is 10.6 Å². The summed E-state index contributed by atoms with van der Waals surface area (Å²) in [5, 5.41) is 9.29. The molecule has 23 heavy (non-hydrogen) atoms. The Balaban J connectivity index is 1.93. The third kappa shape index (κ3) is 4.93. The molecule has 2 aromatic rings. The molecule has 2 rings (SSSR count). The Bertz CT molecular complexity index is 697. The van der Waals surface area contributed by atoms with Gasteiger partial charge in [0.2, 0.25) is 5.91 Å². The molecular formula is C16H18N4O2S. The second kappa shape index (κ2) is 8.09. The van der Waals surface area contributed by atoms with Crippen molar-refractivity contribution in [2.24, 2.45) is 0 Å². The lowest BCUT2D eigenvalue weighted by atomic mass is 10.2. The lowest BCUT2D eigenvalue weighted by molar-refractivity contribution is -0.119. The number of aromatic nitrogens is 1. The minimum atomic E-state index is -0.440. The van der Waals surface area contributed by atoms with E-state index in [2.05, 4.69) is 27.5 Å². The van der Waals surface area contributed by atoms with E-state index in [9.17, 15) is 9.59 Å². The zero-order valence-corrected chi connectivity index (χ0v) is 13.6. The maximum atomic E-state index is 11.8. The summed E-state index contributed by atoms with van der Waals surface area (Å²) in [6.45, 7) is 5.61. The molecule has 0 bridgehead atoms. The fourth-order valence-corrected chi connectivity index (χ4v) is 2.74. The summed E-state index contributed by atoms with van der Waals surface area (Å²) in [7, 11) is 0. The lowest BCUT2D eigenvalue weighted by Crippen LogP contribution is -2.38. The van der Waals surface area contributed by atoms with Gasteiger partial charge in [-0.1, -0.05) is 47.7 Å². The molecular weight excluding hydrogens is 312 g/mol. The molecule has 120 valence electrons. The van der Waals surface area contributed by atoms with Gasteiger partial charge in [0.25, 0.3) is 0 Å². The van der Waals surface area contributed by atoms with E-state index < -0.39 is 6.03 Å². The van der Waals surface area contributed by atoms with Crippen LogP contribution in [0.2, 0.25) is 0 Å². The van der Waals surface area contributed by atoms with Gasteiger partial charge in [-0.05, 0) is 6.92 Å². The van der Waals surface area contributed by atoms with Crippen LogP contribution >= 0.6 is 11.3 Å². The van der Waals surface area contributed by atoms with E-state index in [1.807, 2.05) is 37.3 Å². The number of nitrogens with zero attached hydrogens (tertiary/aromatic N) is 1. The average molecular weight is 330 g/mol. The molecule has 3 N–H and O–H groups in total. The molecule has 3 amide bonds. The SMILES string of the molecule is C=CCNC(=O)CNC(=O)Nc1sc(-c2ccccc2)nc1C. The highest BCUT2D eigenvalue weighted by atomic mass is 32.1. The van der Waals surface area contributed by atoms with Gasteiger partial charge in [-0.15, -0.1) is 6.58 Å². The summed E-state index contributed by atoms with van der Waals surface area (Å²) in [6, 6.07) is 9.30. The molecule has 1 aromatic heterocycles. The highest BCUT2D eigenvalue weighted by molar-refractivity contribution is 7.19. The molecule has 0 aliphatic rings. The molecule has 0 unspecified atom stereocenters. The Kier molecular flexibility index (Phi) is 5.87. The number of carbonyl (C=O) groups is 2. The first kappa shape index (κ1) is 16.7. The van der Waals surface area contributed by atoms with Crippen molar-refractivity contribution in [2.75, 3.05) is 18.4 Å². The molecule has 0 saturated heterocycles. The van der Waals surface area contributed by atoms with Gasteiger partial charge in [-0.3, -0.25) is 10.1 Å². The summed E-state index contributed by atoms with van der Waals surface area (Å²) in [6.07, 6.45) is 1.57. The van der Waals surface area contributed by atoms with Gasteiger partial charge in [-0.25, -0.2) is 9.78 Å². The Morgan fingerprint density at radius 3 is 2.70 bits per heavy atom. The van der Waals surface area contributed by atoms with Crippen molar-refractivity contribution in [1.29, 1.82) is 0 Å². The topological polar surface area (TPSA) is 83.1 Å². The first-order valence-electron chi connectivity index (χ1n) is 7.05. The first-order chi connectivity index (χ1) is 11.1. The molecule has 0 atom stereocenters. The van der Waals surface area contributed by atoms with E-state index in [0.29, 0.717) is 11.5 Å². The minimum absolute atomic E-state index is 0.0942. The maximum absolute atomic E-state index is 11.8. The Hall–Kier alpha value is -2.67. The molecule has 0 saturated carbocycles. The predicted molar refractivity (Wildman–Crippen MR) is 92.5 cm³/mol. The van der Waals surface area contributed by atoms with Gasteiger partial charge in [-0.2, -0.15) is 0 Å². The number of carbonyl (C=O) groups excluding carboxylic acids is 2. The normalized spacial score (nSPS) is 9.96. The minimum Gasteiger partial charge on any atom is -0.351 e. The Labute approximate surface area is 138 Å². The van der Waals surface area contributed by atoms with E-state index in [1.165, 1.54) is 11.3 Å². The van der Waals surface area contributed by atoms with Crippen molar-refractivity contribution >= 4 is 28.3 Å². The number of rotatable bonds is 6. The zero-order chi connectivity index (χ0) is 16.7. The fraction of sp³-hybridized carbons (Fsp3) is 0.188. The van der Waals surface area contributed by atoms with Gasteiger partial charge >= 0.3 is 6.03 Å². The molecule has 0 aliphatic carbocycles. The number of nitrogens with one attached hydrogen (secondary N) is 3. The summed E-state index contributed by atoms with van der Waals surface area (Å²) in [5.41, 5.74) is 1.73. The zero-order valence-electron chi connectivity index (χ0n) is 12.8. The quantitative estimate of drug-likeness (QED) is 0.712. The number of anilines is 1. The largest absolute Gasteiger partial charge is 0.351 e. The lowest BCUT2D eigenvalue weighted by Gasteiger charge is -2.06. The molecule has 7 heteroatoms. The van der Waals surface area contributed by atoms with Crippen LogP contribution in [0.5, 0.6) is 0 Å². The van der Waals surface area contributed by atoms with Crippen molar-refractivity contribution in [3.8, 4) is 10.6 Å². The fourth-order valence-electron chi connectivity index (χ4n) is 1.77. The third-order valence-corrected chi connectivity index (χ3v) is 4.02. The summed E-state index contributed by atoms with van der Waals surface area (Å²) >= 11 is 1.39. The van der Waals surface area contributed by atoms with Crippen molar-refractivity contribution in [1.82, 2.24) is 15.6 Å². The summed E-state index contributed by atoms with van der Waals surface area (Å²) < 4.78 is 0. The number of urea groups is 1. The highest BCUT2D eigenvalue weighted by Gasteiger charge is 2.12. The van der Waals surface area contributed by atoms with Crippen molar-refractivity contribution < 1.29 is 9.59 Å². The predicted octanol–water partition coefficient (Wildman–Crippen LogP) is 2.54. The van der Waals surface area contributed by atoms with Crippen LogP contribution in [-0.4, -0.2) is 30.0 Å². The first-order valence-corrected chi connectivity index (χ1v) is 7.87. The van der Waals surface area contributed by atoms with E-state index in [4.69, 9.17) is 0 Å². The number of hydrogen-bond donors (Lipinski definition) is 3. The molecule has 1 heterocycles. The van der Waals surface area contributed by atoms with Gasteiger partial charge in [0.05, 0.1) is 12.2 Å². The number of aryl methyl sites for hydroxylation is 1. The van der Waals surface area contributed by atoms with E-state index in [1.54, 1.807) is 6.08 Å². The van der Waals surface area contributed by atoms with Crippen LogP contribution in [0.4, 0.5) is 9.80 Å². The Morgan fingerprint density at radius 2 is 2.00 bits per heavy atom. The van der Waals surface area contributed by atoms with Gasteiger partial charge in [0, 0.05) is 12.1 Å². The monoisotopic (exact) mass is 330 g/mol. The van der Waals surface area contributed by atoms with Crippen LogP contribution in [0.15, 0.2) is 43.0 Å². The van der Waals surface area contributed by atoms with Gasteiger partial charge in [0.1, 0.15) is 10.0 Å². The van der Waals surface area contributed by atoms with Crippen molar-refractivity contribution in [3.05, 3.63) is 48.7 Å². The second-order valence-corrected chi connectivity index (χ2v) is 5.70.